The molecule has 0 aliphatic carbocycles. The molecule has 0 aromatic heterocycles. The number of hydrogen-bond acceptors (Lipinski definition) is 6. The summed E-state index contributed by atoms with van der Waals surface area (Å²) < 4.78 is 0. The van der Waals surface area contributed by atoms with E-state index in [1.54, 1.807) is 0 Å². The van der Waals surface area contributed by atoms with E-state index in [1.165, 1.54) is 0 Å². The zero-order valence-corrected chi connectivity index (χ0v) is 16.8. The Morgan fingerprint density at radius 1 is 0.346 bits per heavy atom. The van der Waals surface area contributed by atoms with Crippen molar-refractivity contribution in [2.45, 2.75) is 0 Å². The van der Waals surface area contributed by atoms with Gasteiger partial charge in [-0.3, -0.25) is 0 Å². The van der Waals surface area contributed by atoms with Crippen molar-refractivity contribution in [3.8, 4) is 0 Å². The Morgan fingerprint density at radius 3 is 0.462 bits per heavy atom. The van der Waals surface area contributed by atoms with E-state index in [2.05, 4.69) is 0 Å². The third-order valence-corrected chi connectivity index (χ3v) is 1.11. The van der Waals surface area contributed by atoms with E-state index in [0.717, 1.165) is 0 Å². The maximum Gasteiger partial charge on any atom is 0.328 e. The molecule has 0 aliphatic heterocycles. The first-order valence-corrected chi connectivity index (χ1v) is 5.30. The molecule has 0 bridgehead atoms. The molecule has 0 aliphatic rings. The summed E-state index contributed by atoms with van der Waals surface area (Å²) in [5.41, 5.74) is 0. The minimum Gasteiger partial charge on any atom is -0.478 e. The van der Waals surface area contributed by atoms with Crippen LogP contribution in [0, 0.1) is 79.9 Å². The topological polar surface area (TPSA) is 224 Å². The van der Waals surface area contributed by atoms with Crippen molar-refractivity contribution < 1.29 is 139 Å². The Labute approximate surface area is 209 Å². The van der Waals surface area contributed by atoms with Gasteiger partial charge in [-0.15, -0.1) is 0 Å². The quantitative estimate of drug-likeness (QED) is 0.191. The molecule has 0 heterocycles. The summed E-state index contributed by atoms with van der Waals surface area (Å²) in [6.45, 7) is 0. The molecule has 0 radical (unpaired) electrons. The maximum atomic E-state index is 9.55. The summed E-state index contributed by atoms with van der Waals surface area (Å²) in [5, 5.41) is 46.9. The first-order valence-electron chi connectivity index (χ1n) is 5.30. The molecule has 0 atom stereocenters. The summed E-state index contributed by atoms with van der Waals surface area (Å²) in [6.07, 6.45) is 3.35. The van der Waals surface area contributed by atoms with Crippen molar-refractivity contribution in [1.82, 2.24) is 0 Å². The molecular formula is C12H12Gd2O12. The van der Waals surface area contributed by atoms with E-state index >= 15 is 0 Å². The average Bonchev–Trinajstić information content (AvgIpc) is 2.42. The van der Waals surface area contributed by atoms with Crippen LogP contribution in [0.15, 0.2) is 36.5 Å². The van der Waals surface area contributed by atoms with Gasteiger partial charge in [0.1, 0.15) is 0 Å². The van der Waals surface area contributed by atoms with Gasteiger partial charge in [0.2, 0.25) is 0 Å². The minimum absolute atomic E-state index is 0. The molecule has 14 heteroatoms. The molecule has 0 saturated heterocycles. The summed E-state index contributed by atoms with van der Waals surface area (Å²) in [4.78, 5) is 57.3. The summed E-state index contributed by atoms with van der Waals surface area (Å²) in [7, 11) is 0. The second kappa shape index (κ2) is 23.7. The van der Waals surface area contributed by atoms with Crippen LogP contribution in [0.3, 0.4) is 0 Å². The standard InChI is InChI=1S/3C4H4O4.2Gd/c3*5-3(6)1-2-4(7)8;;/h3*1-2H,(H,5,6)(H,7,8);;/b3*2-1+;;. The third-order valence-electron chi connectivity index (χ3n) is 1.11. The van der Waals surface area contributed by atoms with E-state index in [1.807, 2.05) is 0 Å². The number of rotatable bonds is 6. The van der Waals surface area contributed by atoms with Crippen LogP contribution < -0.4 is 0 Å². The Hall–Kier alpha value is -1.31. The van der Waals surface area contributed by atoms with Gasteiger partial charge in [-0.05, 0) is 0 Å². The van der Waals surface area contributed by atoms with Crippen LogP contribution in [0.25, 0.3) is 0 Å². The van der Waals surface area contributed by atoms with E-state index in [9.17, 15) is 28.8 Å². The van der Waals surface area contributed by atoms with E-state index in [0.29, 0.717) is 36.5 Å². The fourth-order valence-electron chi connectivity index (χ4n) is 0.428. The Bertz CT molecular complexity index is 448. The smallest absolute Gasteiger partial charge is 0.328 e. The third kappa shape index (κ3) is 57.0. The number of hydrogen-bond donors (Lipinski definition) is 6. The average molecular weight is 663 g/mol. The van der Waals surface area contributed by atoms with Gasteiger partial charge in [-0.1, -0.05) is 0 Å². The van der Waals surface area contributed by atoms with Gasteiger partial charge >= 0.3 is 35.8 Å². The van der Waals surface area contributed by atoms with Crippen LogP contribution in [-0.4, -0.2) is 66.5 Å². The molecule has 12 nitrogen and oxygen atoms in total. The molecule has 0 aromatic carbocycles. The number of carboxylic acids is 6. The molecule has 0 unspecified atom stereocenters. The maximum absolute atomic E-state index is 9.55. The van der Waals surface area contributed by atoms with E-state index in [-0.39, 0.29) is 79.9 Å². The van der Waals surface area contributed by atoms with Gasteiger partial charge in [-0.25, -0.2) is 28.8 Å². The Kier molecular flexibility index (Phi) is 32.6. The van der Waals surface area contributed by atoms with Gasteiger partial charge in [-0.2, -0.15) is 0 Å². The van der Waals surface area contributed by atoms with E-state index < -0.39 is 35.8 Å². The molecule has 26 heavy (non-hydrogen) atoms. The minimum atomic E-state index is -1.26. The fraction of sp³-hybridized carbons (Fsp3) is 0. The number of carboxylic acid groups (broad SMARTS) is 6. The predicted molar refractivity (Wildman–Crippen MR) is 73.2 cm³/mol. The zero-order valence-electron chi connectivity index (χ0n) is 12.3. The molecule has 6 N–H and O–H groups in total. The van der Waals surface area contributed by atoms with Crippen molar-refractivity contribution in [1.29, 1.82) is 0 Å². The van der Waals surface area contributed by atoms with Crippen LogP contribution in [0.4, 0.5) is 0 Å². The summed E-state index contributed by atoms with van der Waals surface area (Å²) in [6, 6.07) is 0. The molecule has 0 spiro atoms. The molecule has 0 fully saturated rings. The zero-order chi connectivity index (χ0) is 19.7. The Balaban J connectivity index is -0.0000000817. The SMILES string of the molecule is O=C(O)/C=C/C(=O)O.O=C(O)/C=C/C(=O)O.O=C(O)/C=C/C(=O)O.[Gd].[Gd]. The summed E-state index contributed by atoms with van der Waals surface area (Å²) >= 11 is 0. The van der Waals surface area contributed by atoms with Crippen molar-refractivity contribution >= 4 is 35.8 Å². The number of aliphatic carboxylic acids is 6. The van der Waals surface area contributed by atoms with Crippen LogP contribution >= 0.6 is 0 Å². The van der Waals surface area contributed by atoms with Crippen LogP contribution in [-0.2, 0) is 28.8 Å². The van der Waals surface area contributed by atoms with Crippen molar-refractivity contribution in [3.05, 3.63) is 36.5 Å². The van der Waals surface area contributed by atoms with Crippen molar-refractivity contribution in [3.63, 3.8) is 0 Å². The molecule has 0 saturated carbocycles. The second-order valence-corrected chi connectivity index (χ2v) is 3.03. The molecule has 0 amide bonds. The van der Waals surface area contributed by atoms with E-state index in [4.69, 9.17) is 30.6 Å². The molecule has 0 aromatic rings. The van der Waals surface area contributed by atoms with Crippen molar-refractivity contribution in [2.24, 2.45) is 0 Å². The summed E-state index contributed by atoms with van der Waals surface area (Å²) in [5.74, 6) is -7.54. The first-order chi connectivity index (χ1) is 10.9. The molecule has 0 rings (SSSR count). The van der Waals surface area contributed by atoms with Gasteiger partial charge in [0.05, 0.1) is 0 Å². The van der Waals surface area contributed by atoms with Gasteiger partial charge in [0.25, 0.3) is 0 Å². The number of carbonyl (C=O) groups is 6. The fourth-order valence-corrected chi connectivity index (χ4v) is 0.428. The van der Waals surface area contributed by atoms with Crippen LogP contribution in [0.2, 0.25) is 0 Å². The first kappa shape index (κ1) is 35.7. The normalized spacial score (nSPS) is 8.77. The second-order valence-electron chi connectivity index (χ2n) is 3.03. The van der Waals surface area contributed by atoms with Gasteiger partial charge < -0.3 is 30.6 Å². The monoisotopic (exact) mass is 664 g/mol. The largest absolute Gasteiger partial charge is 0.478 e. The van der Waals surface area contributed by atoms with Crippen LogP contribution in [0.1, 0.15) is 0 Å². The Morgan fingerprint density at radius 2 is 0.423 bits per heavy atom. The van der Waals surface area contributed by atoms with Crippen molar-refractivity contribution in [2.75, 3.05) is 0 Å². The molecular weight excluding hydrogens is 651 g/mol. The van der Waals surface area contributed by atoms with Gasteiger partial charge in [0, 0.05) is 116 Å². The molecule has 148 valence electrons. The van der Waals surface area contributed by atoms with Crippen LogP contribution in [0.5, 0.6) is 0 Å². The predicted octanol–water partition coefficient (Wildman–Crippen LogP) is -0.865. The van der Waals surface area contributed by atoms with Gasteiger partial charge in [0.15, 0.2) is 0 Å².